The fourth-order valence-corrected chi connectivity index (χ4v) is 2.73. The summed E-state index contributed by atoms with van der Waals surface area (Å²) in [6.45, 7) is 7.95. The predicted octanol–water partition coefficient (Wildman–Crippen LogP) is 2.14. The first-order valence-corrected chi connectivity index (χ1v) is 6.89. The van der Waals surface area contributed by atoms with Gasteiger partial charge in [0, 0.05) is 30.6 Å². The Labute approximate surface area is 114 Å². The molecule has 1 aliphatic rings. The van der Waals surface area contributed by atoms with E-state index in [4.69, 9.17) is 0 Å². The molecule has 1 aromatic carbocycles. The van der Waals surface area contributed by atoms with Crippen molar-refractivity contribution in [2.75, 3.05) is 26.2 Å². The molecule has 0 aliphatic carbocycles. The summed E-state index contributed by atoms with van der Waals surface area (Å²) in [7, 11) is 0. The van der Waals surface area contributed by atoms with Crippen LogP contribution in [0.1, 0.15) is 24.2 Å². The van der Waals surface area contributed by atoms with E-state index in [2.05, 4.69) is 31.4 Å². The molecule has 1 atom stereocenters. The number of hydrogen-bond donors (Lipinski definition) is 1. The number of benzene rings is 1. The Balaban J connectivity index is 2.10. The molecule has 2 rings (SSSR count). The van der Waals surface area contributed by atoms with Crippen molar-refractivity contribution >= 4 is 18.5 Å². The summed E-state index contributed by atoms with van der Waals surface area (Å²) >= 11 is 4.36. The second-order valence-electron chi connectivity index (χ2n) is 4.75. The summed E-state index contributed by atoms with van der Waals surface area (Å²) in [5.74, 6) is 0.100. The van der Waals surface area contributed by atoms with Gasteiger partial charge < -0.3 is 4.90 Å². The van der Waals surface area contributed by atoms with E-state index in [0.717, 1.165) is 31.1 Å². The van der Waals surface area contributed by atoms with Crippen LogP contribution < -0.4 is 0 Å². The molecule has 1 fully saturated rings. The fraction of sp³-hybridized carbons (Fsp3) is 0.500. The smallest absolute Gasteiger partial charge is 0.255 e. The van der Waals surface area contributed by atoms with E-state index in [-0.39, 0.29) is 5.91 Å². The van der Waals surface area contributed by atoms with Crippen molar-refractivity contribution in [3.05, 3.63) is 29.8 Å². The van der Waals surface area contributed by atoms with Crippen LogP contribution in [0.3, 0.4) is 0 Å². The zero-order chi connectivity index (χ0) is 13.1. The molecule has 0 radical (unpaired) electrons. The van der Waals surface area contributed by atoms with Gasteiger partial charge in [0.15, 0.2) is 0 Å². The highest BCUT2D eigenvalue weighted by molar-refractivity contribution is 7.80. The van der Waals surface area contributed by atoms with Gasteiger partial charge in [0.2, 0.25) is 0 Å². The summed E-state index contributed by atoms with van der Waals surface area (Å²) in [5, 5.41) is 0. The number of thiol groups is 1. The largest absolute Gasteiger partial charge is 0.336 e. The normalized spacial score (nSPS) is 21.1. The zero-order valence-corrected chi connectivity index (χ0v) is 11.9. The van der Waals surface area contributed by atoms with Crippen molar-refractivity contribution < 1.29 is 4.79 Å². The summed E-state index contributed by atoms with van der Waals surface area (Å²) < 4.78 is 0. The molecule has 1 amide bonds. The van der Waals surface area contributed by atoms with Crippen LogP contribution in [0.25, 0.3) is 0 Å². The standard InChI is InChI=1S/C14H20N2OS/c1-3-15-8-9-16(10-11(15)2)14(17)12-6-4-5-7-13(12)18/h4-7,11,18H,3,8-10H2,1-2H3. The second kappa shape index (κ2) is 5.76. The van der Waals surface area contributed by atoms with Crippen LogP contribution in [0.15, 0.2) is 29.2 Å². The molecule has 0 saturated carbocycles. The van der Waals surface area contributed by atoms with Crippen LogP contribution in [-0.2, 0) is 0 Å². The molecule has 1 aromatic rings. The van der Waals surface area contributed by atoms with Gasteiger partial charge in [0.05, 0.1) is 5.56 Å². The number of rotatable bonds is 2. The van der Waals surface area contributed by atoms with Crippen molar-refractivity contribution in [3.8, 4) is 0 Å². The number of piperazine rings is 1. The topological polar surface area (TPSA) is 23.6 Å². The van der Waals surface area contributed by atoms with Crippen molar-refractivity contribution in [2.45, 2.75) is 24.8 Å². The Morgan fingerprint density at radius 1 is 1.39 bits per heavy atom. The summed E-state index contributed by atoms with van der Waals surface area (Å²) in [6, 6.07) is 7.93. The molecule has 0 spiro atoms. The summed E-state index contributed by atoms with van der Waals surface area (Å²) in [4.78, 5) is 17.5. The van der Waals surface area contributed by atoms with Crippen LogP contribution in [0.5, 0.6) is 0 Å². The maximum atomic E-state index is 12.4. The number of hydrogen-bond acceptors (Lipinski definition) is 3. The van der Waals surface area contributed by atoms with Crippen LogP contribution >= 0.6 is 12.6 Å². The van der Waals surface area contributed by atoms with Gasteiger partial charge in [-0.15, -0.1) is 12.6 Å². The van der Waals surface area contributed by atoms with E-state index in [1.54, 1.807) is 0 Å². The first-order valence-electron chi connectivity index (χ1n) is 6.44. The van der Waals surface area contributed by atoms with Gasteiger partial charge in [-0.05, 0) is 25.6 Å². The Morgan fingerprint density at radius 2 is 2.11 bits per heavy atom. The number of nitrogens with zero attached hydrogens (tertiary/aromatic N) is 2. The van der Waals surface area contributed by atoms with Gasteiger partial charge in [-0.2, -0.15) is 0 Å². The first-order chi connectivity index (χ1) is 8.63. The van der Waals surface area contributed by atoms with E-state index < -0.39 is 0 Å². The third kappa shape index (κ3) is 2.70. The van der Waals surface area contributed by atoms with Crippen molar-refractivity contribution in [3.63, 3.8) is 0 Å². The monoisotopic (exact) mass is 264 g/mol. The molecule has 1 unspecified atom stereocenters. The van der Waals surface area contributed by atoms with Crippen LogP contribution in [0.4, 0.5) is 0 Å². The molecule has 1 saturated heterocycles. The minimum absolute atomic E-state index is 0.100. The number of amides is 1. The van der Waals surface area contributed by atoms with Gasteiger partial charge in [-0.3, -0.25) is 9.69 Å². The molecule has 0 N–H and O–H groups in total. The van der Waals surface area contributed by atoms with E-state index in [0.29, 0.717) is 11.6 Å². The fourth-order valence-electron chi connectivity index (χ4n) is 2.47. The highest BCUT2D eigenvalue weighted by Crippen LogP contribution is 2.18. The quantitative estimate of drug-likeness (QED) is 0.827. The highest BCUT2D eigenvalue weighted by atomic mass is 32.1. The molecule has 0 bridgehead atoms. The zero-order valence-electron chi connectivity index (χ0n) is 11.0. The lowest BCUT2D eigenvalue weighted by Gasteiger charge is -2.39. The Bertz CT molecular complexity index is 436. The highest BCUT2D eigenvalue weighted by Gasteiger charge is 2.26. The van der Waals surface area contributed by atoms with Crippen molar-refractivity contribution in [1.29, 1.82) is 0 Å². The molecule has 98 valence electrons. The molecule has 0 aromatic heterocycles. The lowest BCUT2D eigenvalue weighted by Crippen LogP contribution is -2.53. The minimum atomic E-state index is 0.100. The van der Waals surface area contributed by atoms with Gasteiger partial charge in [-0.25, -0.2) is 0 Å². The van der Waals surface area contributed by atoms with Crippen LogP contribution in [0, 0.1) is 0 Å². The Hall–Kier alpha value is -1.00. The average molecular weight is 264 g/mol. The lowest BCUT2D eigenvalue weighted by molar-refractivity contribution is 0.0525. The summed E-state index contributed by atoms with van der Waals surface area (Å²) in [5.41, 5.74) is 0.706. The third-order valence-corrected chi connectivity index (χ3v) is 3.98. The minimum Gasteiger partial charge on any atom is -0.336 e. The predicted molar refractivity (Wildman–Crippen MR) is 76.3 cm³/mol. The first kappa shape index (κ1) is 13.4. The number of likely N-dealkylation sites (N-methyl/N-ethyl adjacent to an activating group) is 1. The van der Waals surface area contributed by atoms with Gasteiger partial charge in [-0.1, -0.05) is 19.1 Å². The molecular formula is C14H20N2OS. The van der Waals surface area contributed by atoms with Crippen LogP contribution in [-0.4, -0.2) is 47.9 Å². The van der Waals surface area contributed by atoms with Gasteiger partial charge in [0.1, 0.15) is 0 Å². The molecule has 1 heterocycles. The maximum absolute atomic E-state index is 12.4. The van der Waals surface area contributed by atoms with E-state index in [1.165, 1.54) is 0 Å². The van der Waals surface area contributed by atoms with E-state index >= 15 is 0 Å². The SMILES string of the molecule is CCN1CCN(C(=O)c2ccccc2S)CC1C. The van der Waals surface area contributed by atoms with E-state index in [1.807, 2.05) is 29.2 Å². The van der Waals surface area contributed by atoms with Gasteiger partial charge >= 0.3 is 0 Å². The molecular weight excluding hydrogens is 244 g/mol. The molecule has 3 nitrogen and oxygen atoms in total. The lowest BCUT2D eigenvalue weighted by atomic mass is 10.1. The summed E-state index contributed by atoms with van der Waals surface area (Å²) in [6.07, 6.45) is 0. The Morgan fingerprint density at radius 3 is 2.72 bits per heavy atom. The molecule has 1 aliphatic heterocycles. The van der Waals surface area contributed by atoms with Crippen molar-refractivity contribution in [2.24, 2.45) is 0 Å². The third-order valence-electron chi connectivity index (χ3n) is 3.59. The molecule has 4 heteroatoms. The maximum Gasteiger partial charge on any atom is 0.255 e. The van der Waals surface area contributed by atoms with Gasteiger partial charge in [0.25, 0.3) is 5.91 Å². The number of carbonyl (C=O) groups is 1. The second-order valence-corrected chi connectivity index (χ2v) is 5.23. The van der Waals surface area contributed by atoms with Crippen molar-refractivity contribution in [1.82, 2.24) is 9.80 Å². The Kier molecular flexibility index (Phi) is 4.30. The average Bonchev–Trinajstić information content (AvgIpc) is 2.38. The van der Waals surface area contributed by atoms with E-state index in [9.17, 15) is 4.79 Å². The molecule has 18 heavy (non-hydrogen) atoms. The van der Waals surface area contributed by atoms with Crippen LogP contribution in [0.2, 0.25) is 0 Å². The number of carbonyl (C=O) groups excluding carboxylic acids is 1.